The molecule has 0 aliphatic heterocycles. The zero-order valence-electron chi connectivity index (χ0n) is 14.0. The number of fused-ring (bicyclic) bond motifs is 1. The maximum atomic E-state index is 12.6. The van der Waals surface area contributed by atoms with Gasteiger partial charge in [-0.3, -0.25) is 9.36 Å². The summed E-state index contributed by atoms with van der Waals surface area (Å²) in [5, 5.41) is 9.40. The molecule has 3 aromatic rings. The van der Waals surface area contributed by atoms with Crippen molar-refractivity contribution in [3.63, 3.8) is 0 Å². The highest BCUT2D eigenvalue weighted by Gasteiger charge is 2.14. The second kappa shape index (κ2) is 7.49. The van der Waals surface area contributed by atoms with Crippen LogP contribution in [-0.4, -0.2) is 22.6 Å². The number of nitriles is 1. The molecule has 26 heavy (non-hydrogen) atoms. The van der Waals surface area contributed by atoms with Gasteiger partial charge in [0.05, 0.1) is 29.6 Å². The van der Waals surface area contributed by atoms with Crippen LogP contribution in [0.4, 0.5) is 0 Å². The van der Waals surface area contributed by atoms with E-state index in [0.29, 0.717) is 22.2 Å². The van der Waals surface area contributed by atoms with Gasteiger partial charge in [0.2, 0.25) is 0 Å². The van der Waals surface area contributed by atoms with Gasteiger partial charge in [0, 0.05) is 0 Å². The molecule has 0 amide bonds. The van der Waals surface area contributed by atoms with Crippen molar-refractivity contribution in [3.8, 4) is 11.8 Å². The molecule has 0 saturated heterocycles. The number of aromatic nitrogens is 2. The van der Waals surface area contributed by atoms with Gasteiger partial charge in [-0.2, -0.15) is 5.26 Å². The van der Waals surface area contributed by atoms with Crippen LogP contribution in [0.15, 0.2) is 53.3 Å². The number of rotatable bonds is 5. The van der Waals surface area contributed by atoms with Crippen LogP contribution < -0.4 is 10.3 Å². The highest BCUT2D eigenvalue weighted by atomic mass is 16.5. The van der Waals surface area contributed by atoms with Gasteiger partial charge in [0.25, 0.3) is 5.56 Å². The SMILES string of the molecule is COc1cccc(C(=O)OCc2nc3ccccc3c(=O)n2CC#N)c1. The number of ether oxygens (including phenoxy) is 2. The largest absolute Gasteiger partial charge is 0.497 e. The minimum absolute atomic E-state index is 0.178. The smallest absolute Gasteiger partial charge is 0.338 e. The molecule has 0 aliphatic rings. The van der Waals surface area contributed by atoms with E-state index in [0.717, 1.165) is 0 Å². The van der Waals surface area contributed by atoms with Crippen molar-refractivity contribution in [3.05, 3.63) is 70.3 Å². The standard InChI is InChI=1S/C19H15N3O4/c1-25-14-6-4-5-13(11-14)19(24)26-12-17-21-16-8-3-2-7-15(16)18(23)22(17)10-9-20/h2-8,11H,10,12H2,1H3. The van der Waals surface area contributed by atoms with E-state index >= 15 is 0 Å². The number of benzene rings is 2. The number of carbonyl (C=O) groups is 1. The van der Waals surface area contributed by atoms with E-state index < -0.39 is 5.97 Å². The third-order valence-electron chi connectivity index (χ3n) is 3.81. The van der Waals surface area contributed by atoms with E-state index in [1.165, 1.54) is 11.7 Å². The molecule has 1 aromatic heterocycles. The number of esters is 1. The molecule has 0 atom stereocenters. The lowest BCUT2D eigenvalue weighted by Crippen LogP contribution is -2.26. The summed E-state index contributed by atoms with van der Waals surface area (Å²) in [6.45, 7) is -0.402. The first-order valence-electron chi connectivity index (χ1n) is 7.80. The first-order chi connectivity index (χ1) is 12.6. The summed E-state index contributed by atoms with van der Waals surface area (Å²) >= 11 is 0. The van der Waals surface area contributed by atoms with E-state index in [4.69, 9.17) is 14.7 Å². The van der Waals surface area contributed by atoms with Gasteiger partial charge >= 0.3 is 5.97 Å². The Morgan fingerprint density at radius 2 is 2.04 bits per heavy atom. The van der Waals surface area contributed by atoms with Crippen LogP contribution in [0, 0.1) is 11.3 Å². The molecule has 0 N–H and O–H groups in total. The van der Waals surface area contributed by atoms with E-state index in [2.05, 4.69) is 4.98 Å². The van der Waals surface area contributed by atoms with Crippen molar-refractivity contribution in [2.24, 2.45) is 0 Å². The van der Waals surface area contributed by atoms with Gasteiger partial charge in [0.1, 0.15) is 18.9 Å². The summed E-state index contributed by atoms with van der Waals surface area (Å²) in [6, 6.07) is 15.3. The quantitative estimate of drug-likeness (QED) is 0.656. The van der Waals surface area contributed by atoms with Crippen LogP contribution in [0.1, 0.15) is 16.2 Å². The Labute approximate surface area is 149 Å². The molecule has 0 saturated carbocycles. The Morgan fingerprint density at radius 1 is 1.23 bits per heavy atom. The second-order valence-corrected chi connectivity index (χ2v) is 5.40. The first kappa shape index (κ1) is 17.2. The Morgan fingerprint density at radius 3 is 2.81 bits per heavy atom. The summed E-state index contributed by atoms with van der Waals surface area (Å²) in [5.74, 6) is 0.172. The fourth-order valence-corrected chi connectivity index (χ4v) is 2.52. The average molecular weight is 349 g/mol. The van der Waals surface area contributed by atoms with Gasteiger partial charge in [-0.25, -0.2) is 9.78 Å². The third kappa shape index (κ3) is 3.39. The summed E-state index contributed by atoms with van der Waals surface area (Å²) in [4.78, 5) is 29.2. The summed E-state index contributed by atoms with van der Waals surface area (Å²) < 4.78 is 11.6. The first-order valence-corrected chi connectivity index (χ1v) is 7.80. The molecule has 3 rings (SSSR count). The van der Waals surface area contributed by atoms with Gasteiger partial charge in [-0.1, -0.05) is 18.2 Å². The predicted molar refractivity (Wildman–Crippen MR) is 93.7 cm³/mol. The Hall–Kier alpha value is -3.66. The minimum atomic E-state index is -0.574. The van der Waals surface area contributed by atoms with Crippen LogP contribution in [0.25, 0.3) is 10.9 Å². The van der Waals surface area contributed by atoms with Crippen LogP contribution in [0.3, 0.4) is 0 Å². The lowest BCUT2D eigenvalue weighted by Gasteiger charge is -2.11. The zero-order chi connectivity index (χ0) is 18.5. The number of carbonyl (C=O) groups excluding carboxylic acids is 1. The Balaban J connectivity index is 1.90. The molecule has 1 heterocycles. The molecule has 0 aliphatic carbocycles. The molecule has 0 bridgehead atoms. The maximum Gasteiger partial charge on any atom is 0.338 e. The summed E-state index contributed by atoms with van der Waals surface area (Å²) in [6.07, 6.45) is 0. The number of para-hydroxylation sites is 1. The molecular weight excluding hydrogens is 334 g/mol. The van der Waals surface area contributed by atoms with Gasteiger partial charge in [-0.15, -0.1) is 0 Å². The normalized spacial score (nSPS) is 10.3. The van der Waals surface area contributed by atoms with Crippen LogP contribution in [-0.2, 0) is 17.9 Å². The van der Waals surface area contributed by atoms with Crippen LogP contribution in [0.2, 0.25) is 0 Å². The number of nitrogens with zero attached hydrogens (tertiary/aromatic N) is 3. The van der Waals surface area contributed by atoms with Crippen molar-refractivity contribution >= 4 is 16.9 Å². The van der Waals surface area contributed by atoms with Gasteiger partial charge in [0.15, 0.2) is 5.82 Å². The predicted octanol–water partition coefficient (Wildman–Crippen LogP) is 2.29. The van der Waals surface area contributed by atoms with E-state index in [9.17, 15) is 9.59 Å². The highest BCUT2D eigenvalue weighted by molar-refractivity contribution is 5.89. The molecule has 0 unspecified atom stereocenters. The second-order valence-electron chi connectivity index (χ2n) is 5.40. The summed E-state index contributed by atoms with van der Waals surface area (Å²) in [7, 11) is 1.50. The van der Waals surface area contributed by atoms with Gasteiger partial charge < -0.3 is 9.47 Å². The van der Waals surface area contributed by atoms with Crippen molar-refractivity contribution in [1.29, 1.82) is 5.26 Å². The van der Waals surface area contributed by atoms with Crippen molar-refractivity contribution in [2.45, 2.75) is 13.2 Å². The highest BCUT2D eigenvalue weighted by Crippen LogP contribution is 2.14. The molecule has 2 aromatic carbocycles. The monoisotopic (exact) mass is 349 g/mol. The molecule has 7 heteroatoms. The fraction of sp³-hybridized carbons (Fsp3) is 0.158. The maximum absolute atomic E-state index is 12.6. The van der Waals surface area contributed by atoms with Crippen LogP contribution >= 0.6 is 0 Å². The lowest BCUT2D eigenvalue weighted by atomic mass is 10.2. The van der Waals surface area contributed by atoms with Crippen molar-refractivity contribution in [2.75, 3.05) is 7.11 Å². The molecule has 130 valence electrons. The zero-order valence-corrected chi connectivity index (χ0v) is 14.0. The molecule has 0 fully saturated rings. The van der Waals surface area contributed by atoms with E-state index in [1.807, 2.05) is 6.07 Å². The molecule has 0 radical (unpaired) electrons. The van der Waals surface area contributed by atoms with Crippen molar-refractivity contribution in [1.82, 2.24) is 9.55 Å². The summed E-state index contributed by atoms with van der Waals surface area (Å²) in [5.41, 5.74) is 0.461. The number of hydrogen-bond donors (Lipinski definition) is 0. The van der Waals surface area contributed by atoms with Gasteiger partial charge in [-0.05, 0) is 30.3 Å². The third-order valence-corrected chi connectivity index (χ3v) is 3.81. The Bertz CT molecular complexity index is 1070. The minimum Gasteiger partial charge on any atom is -0.497 e. The topological polar surface area (TPSA) is 94.2 Å². The van der Waals surface area contributed by atoms with E-state index in [-0.39, 0.29) is 24.5 Å². The van der Waals surface area contributed by atoms with E-state index in [1.54, 1.807) is 48.5 Å². The number of methoxy groups -OCH3 is 1. The lowest BCUT2D eigenvalue weighted by molar-refractivity contribution is 0.0457. The number of hydrogen-bond acceptors (Lipinski definition) is 6. The van der Waals surface area contributed by atoms with Crippen LogP contribution in [0.5, 0.6) is 5.75 Å². The average Bonchev–Trinajstić information content (AvgIpc) is 2.68. The fourth-order valence-electron chi connectivity index (χ4n) is 2.52. The molecule has 0 spiro atoms. The van der Waals surface area contributed by atoms with Crippen molar-refractivity contribution < 1.29 is 14.3 Å². The Kier molecular flexibility index (Phi) is 4.94. The molecular formula is C19H15N3O4. The molecule has 7 nitrogen and oxygen atoms in total.